The topological polar surface area (TPSA) is 49.3 Å². The van der Waals surface area contributed by atoms with Gasteiger partial charge >= 0.3 is 5.97 Å². The van der Waals surface area contributed by atoms with Crippen LogP contribution in [0.15, 0.2) is 24.3 Å². The molecule has 0 heterocycles. The fraction of sp³-hybridized carbons (Fsp3) is 0.364. The predicted molar refractivity (Wildman–Crippen MR) is 55.1 cm³/mol. The van der Waals surface area contributed by atoms with E-state index in [-0.39, 0.29) is 12.0 Å². The van der Waals surface area contributed by atoms with Crippen molar-refractivity contribution in [3.8, 4) is 0 Å². The van der Waals surface area contributed by atoms with Gasteiger partial charge in [0.1, 0.15) is 11.4 Å². The van der Waals surface area contributed by atoms with E-state index >= 15 is 0 Å². The highest BCUT2D eigenvalue weighted by molar-refractivity contribution is 5.80. The first kappa shape index (κ1) is 11.7. The lowest BCUT2D eigenvalue weighted by Crippen LogP contribution is -2.47. The molecule has 4 heteroatoms. The van der Waals surface area contributed by atoms with Gasteiger partial charge in [-0.2, -0.15) is 0 Å². The van der Waals surface area contributed by atoms with Crippen molar-refractivity contribution in [2.75, 3.05) is 7.05 Å². The Morgan fingerprint density at radius 3 is 2.53 bits per heavy atom. The number of carboxylic acids is 1. The number of hydrogen-bond donors (Lipinski definition) is 2. The molecule has 2 N–H and O–H groups in total. The van der Waals surface area contributed by atoms with E-state index in [0.717, 1.165) is 0 Å². The van der Waals surface area contributed by atoms with Gasteiger partial charge in [-0.3, -0.25) is 0 Å². The smallest absolute Gasteiger partial charge is 0.328 e. The minimum absolute atomic E-state index is 0.169. The van der Waals surface area contributed by atoms with Crippen LogP contribution in [-0.2, 0) is 10.3 Å². The molecular weight excluding hydrogens is 197 g/mol. The second-order valence-electron chi connectivity index (χ2n) is 3.29. The highest BCUT2D eigenvalue weighted by atomic mass is 19.1. The fourth-order valence-corrected chi connectivity index (χ4v) is 1.68. The standard InChI is InChI=1S/C11H14FNO2/c1-3-11(13-2,10(14)15)8-6-4-5-7-9(8)12/h4-7,13H,3H2,1-2H3,(H,14,15). The summed E-state index contributed by atoms with van der Waals surface area (Å²) in [4.78, 5) is 11.2. The molecule has 0 aliphatic rings. The lowest BCUT2D eigenvalue weighted by atomic mass is 9.87. The van der Waals surface area contributed by atoms with Crippen molar-refractivity contribution >= 4 is 5.97 Å². The highest BCUT2D eigenvalue weighted by Crippen LogP contribution is 2.27. The molecule has 1 aromatic rings. The molecule has 15 heavy (non-hydrogen) atoms. The van der Waals surface area contributed by atoms with E-state index in [1.807, 2.05) is 0 Å². The van der Waals surface area contributed by atoms with E-state index in [0.29, 0.717) is 0 Å². The van der Waals surface area contributed by atoms with Crippen LogP contribution in [0.1, 0.15) is 18.9 Å². The number of carbonyl (C=O) groups is 1. The van der Waals surface area contributed by atoms with Gasteiger partial charge in [0.2, 0.25) is 0 Å². The minimum Gasteiger partial charge on any atom is -0.480 e. The molecule has 0 bridgehead atoms. The van der Waals surface area contributed by atoms with Crippen molar-refractivity contribution in [2.24, 2.45) is 0 Å². The van der Waals surface area contributed by atoms with E-state index in [4.69, 9.17) is 0 Å². The zero-order chi connectivity index (χ0) is 11.5. The van der Waals surface area contributed by atoms with Crippen molar-refractivity contribution < 1.29 is 14.3 Å². The lowest BCUT2D eigenvalue weighted by Gasteiger charge is -2.28. The first-order chi connectivity index (χ1) is 7.08. The molecule has 0 fully saturated rings. The van der Waals surface area contributed by atoms with Gasteiger partial charge < -0.3 is 10.4 Å². The Bertz CT molecular complexity index is 361. The molecular formula is C11H14FNO2. The molecule has 0 spiro atoms. The molecule has 1 aromatic carbocycles. The number of nitrogens with one attached hydrogen (secondary N) is 1. The number of likely N-dealkylation sites (N-methyl/N-ethyl adjacent to an activating group) is 1. The van der Waals surface area contributed by atoms with E-state index in [2.05, 4.69) is 5.32 Å². The molecule has 3 nitrogen and oxygen atoms in total. The van der Waals surface area contributed by atoms with Gasteiger partial charge in [0.25, 0.3) is 0 Å². The van der Waals surface area contributed by atoms with Crippen molar-refractivity contribution in [2.45, 2.75) is 18.9 Å². The maximum Gasteiger partial charge on any atom is 0.328 e. The predicted octanol–water partition coefficient (Wildman–Crippen LogP) is 1.73. The van der Waals surface area contributed by atoms with E-state index < -0.39 is 17.3 Å². The Kier molecular flexibility index (Phi) is 3.42. The Morgan fingerprint density at radius 2 is 2.13 bits per heavy atom. The third-order valence-electron chi connectivity index (χ3n) is 2.66. The average molecular weight is 211 g/mol. The normalized spacial score (nSPS) is 14.6. The summed E-state index contributed by atoms with van der Waals surface area (Å²) in [6.45, 7) is 1.71. The second kappa shape index (κ2) is 4.40. The van der Waals surface area contributed by atoms with E-state index in [9.17, 15) is 14.3 Å². The molecule has 1 rings (SSSR count). The largest absolute Gasteiger partial charge is 0.480 e. The van der Waals surface area contributed by atoms with Crippen LogP contribution >= 0.6 is 0 Å². The van der Waals surface area contributed by atoms with Crippen LogP contribution in [0.25, 0.3) is 0 Å². The Hall–Kier alpha value is -1.42. The van der Waals surface area contributed by atoms with Gasteiger partial charge in [-0.05, 0) is 19.5 Å². The summed E-state index contributed by atoms with van der Waals surface area (Å²) in [6.07, 6.45) is 0.278. The van der Waals surface area contributed by atoms with E-state index in [1.165, 1.54) is 25.2 Å². The second-order valence-corrected chi connectivity index (χ2v) is 3.29. The quantitative estimate of drug-likeness (QED) is 0.797. The molecule has 0 saturated heterocycles. The average Bonchev–Trinajstić information content (AvgIpc) is 2.22. The van der Waals surface area contributed by atoms with Gasteiger partial charge in [-0.15, -0.1) is 0 Å². The Labute approximate surface area is 87.9 Å². The summed E-state index contributed by atoms with van der Waals surface area (Å²) >= 11 is 0. The third-order valence-corrected chi connectivity index (χ3v) is 2.66. The number of benzene rings is 1. The van der Waals surface area contributed by atoms with Crippen molar-refractivity contribution in [3.05, 3.63) is 35.6 Å². The van der Waals surface area contributed by atoms with Gasteiger partial charge in [0.15, 0.2) is 0 Å². The molecule has 0 saturated carbocycles. The number of rotatable bonds is 4. The maximum atomic E-state index is 13.5. The summed E-state index contributed by atoms with van der Waals surface area (Å²) in [5.41, 5.74) is -1.17. The zero-order valence-electron chi connectivity index (χ0n) is 8.75. The monoisotopic (exact) mass is 211 g/mol. The van der Waals surface area contributed by atoms with Crippen LogP contribution in [0.2, 0.25) is 0 Å². The number of aliphatic carboxylic acids is 1. The van der Waals surface area contributed by atoms with Crippen molar-refractivity contribution in [1.82, 2.24) is 5.32 Å². The fourth-order valence-electron chi connectivity index (χ4n) is 1.68. The molecule has 0 amide bonds. The van der Waals surface area contributed by atoms with Gasteiger partial charge in [0, 0.05) is 5.56 Å². The molecule has 82 valence electrons. The first-order valence-electron chi connectivity index (χ1n) is 4.75. The van der Waals surface area contributed by atoms with Gasteiger partial charge in [-0.25, -0.2) is 9.18 Å². The van der Waals surface area contributed by atoms with Crippen LogP contribution in [0.5, 0.6) is 0 Å². The van der Waals surface area contributed by atoms with Crippen LogP contribution in [0.4, 0.5) is 4.39 Å². The van der Waals surface area contributed by atoms with Gasteiger partial charge in [0.05, 0.1) is 0 Å². The summed E-state index contributed by atoms with van der Waals surface area (Å²) in [5, 5.41) is 11.9. The summed E-state index contributed by atoms with van der Waals surface area (Å²) in [6, 6.07) is 5.92. The molecule has 0 aromatic heterocycles. The Balaban J connectivity index is 3.33. The van der Waals surface area contributed by atoms with Gasteiger partial charge in [-0.1, -0.05) is 25.1 Å². The van der Waals surface area contributed by atoms with Crippen LogP contribution in [0.3, 0.4) is 0 Å². The molecule has 0 radical (unpaired) electrons. The van der Waals surface area contributed by atoms with Crippen molar-refractivity contribution in [3.63, 3.8) is 0 Å². The molecule has 0 aliphatic carbocycles. The van der Waals surface area contributed by atoms with Crippen LogP contribution in [0, 0.1) is 5.82 Å². The first-order valence-corrected chi connectivity index (χ1v) is 4.75. The molecule has 1 atom stereocenters. The Morgan fingerprint density at radius 1 is 1.53 bits per heavy atom. The third kappa shape index (κ3) is 1.85. The summed E-state index contributed by atoms with van der Waals surface area (Å²) < 4.78 is 13.5. The number of halogens is 1. The number of hydrogen-bond acceptors (Lipinski definition) is 2. The lowest BCUT2D eigenvalue weighted by molar-refractivity contribution is -0.145. The van der Waals surface area contributed by atoms with Crippen molar-refractivity contribution in [1.29, 1.82) is 0 Å². The summed E-state index contributed by atoms with van der Waals surface area (Å²) in [5.74, 6) is -1.58. The van der Waals surface area contributed by atoms with Crippen LogP contribution < -0.4 is 5.32 Å². The molecule has 1 unspecified atom stereocenters. The molecule has 0 aliphatic heterocycles. The zero-order valence-corrected chi connectivity index (χ0v) is 8.75. The van der Waals surface area contributed by atoms with E-state index in [1.54, 1.807) is 13.0 Å². The SMILES string of the molecule is CCC(NC)(C(=O)O)c1ccccc1F. The number of carboxylic acid groups (broad SMARTS) is 1. The maximum absolute atomic E-state index is 13.5. The van der Waals surface area contributed by atoms with Crippen LogP contribution in [-0.4, -0.2) is 18.1 Å². The summed E-state index contributed by atoms with van der Waals surface area (Å²) in [7, 11) is 1.52. The minimum atomic E-state index is -1.34. The highest BCUT2D eigenvalue weighted by Gasteiger charge is 2.38.